The summed E-state index contributed by atoms with van der Waals surface area (Å²) < 4.78 is 13.3. The minimum atomic E-state index is -1.35. The molecule has 0 aromatic heterocycles. The van der Waals surface area contributed by atoms with Crippen LogP contribution in [0.5, 0.6) is 0 Å². The van der Waals surface area contributed by atoms with Crippen molar-refractivity contribution in [1.29, 1.82) is 0 Å². The number of hydrogen-bond acceptors (Lipinski definition) is 3. The summed E-state index contributed by atoms with van der Waals surface area (Å²) in [6.07, 6.45) is 0.984. The monoisotopic (exact) mass is 453 g/mol. The van der Waals surface area contributed by atoms with Crippen LogP contribution in [0, 0.1) is 17.7 Å². The number of rotatable bonds is 8. The SMILES string of the molecule is CC(C)Cc1ccc(C(NC(=O)CN2C(=O)NC(C)(c3ccc(F)cc3)C2=O)C(C)C)cc1. The first-order valence-electron chi connectivity index (χ1n) is 11.3. The normalized spacial score (nSPS) is 19.2. The van der Waals surface area contributed by atoms with Crippen LogP contribution in [0.25, 0.3) is 0 Å². The van der Waals surface area contributed by atoms with Gasteiger partial charge in [0.15, 0.2) is 0 Å². The molecule has 0 saturated carbocycles. The Labute approximate surface area is 194 Å². The number of amides is 4. The molecular formula is C26H32FN3O3. The highest BCUT2D eigenvalue weighted by Crippen LogP contribution is 2.29. The van der Waals surface area contributed by atoms with E-state index in [1.54, 1.807) is 6.92 Å². The summed E-state index contributed by atoms with van der Waals surface area (Å²) in [6, 6.07) is 12.6. The maximum absolute atomic E-state index is 13.3. The van der Waals surface area contributed by atoms with E-state index in [2.05, 4.69) is 36.6 Å². The Morgan fingerprint density at radius 1 is 1.03 bits per heavy atom. The lowest BCUT2D eigenvalue weighted by Crippen LogP contribution is -2.44. The smallest absolute Gasteiger partial charge is 0.325 e. The molecule has 7 heteroatoms. The van der Waals surface area contributed by atoms with E-state index < -0.39 is 35.7 Å². The zero-order chi connectivity index (χ0) is 24.3. The second-order valence-corrected chi connectivity index (χ2v) is 9.58. The predicted octanol–water partition coefficient (Wildman–Crippen LogP) is 4.30. The van der Waals surface area contributed by atoms with Crippen molar-refractivity contribution in [3.8, 4) is 0 Å². The van der Waals surface area contributed by atoms with Crippen molar-refractivity contribution in [2.45, 2.75) is 52.6 Å². The number of carbonyl (C=O) groups is 3. The molecule has 1 aliphatic heterocycles. The summed E-state index contributed by atoms with van der Waals surface area (Å²) >= 11 is 0. The van der Waals surface area contributed by atoms with Gasteiger partial charge in [-0.25, -0.2) is 9.18 Å². The highest BCUT2D eigenvalue weighted by molar-refractivity contribution is 6.09. The van der Waals surface area contributed by atoms with Gasteiger partial charge in [-0.2, -0.15) is 0 Å². The van der Waals surface area contributed by atoms with E-state index in [9.17, 15) is 18.8 Å². The van der Waals surface area contributed by atoms with E-state index in [4.69, 9.17) is 0 Å². The molecule has 6 nitrogen and oxygen atoms in total. The Morgan fingerprint density at radius 3 is 2.18 bits per heavy atom. The Kier molecular flexibility index (Phi) is 7.20. The first-order chi connectivity index (χ1) is 15.5. The van der Waals surface area contributed by atoms with Gasteiger partial charge in [0.1, 0.15) is 17.9 Å². The van der Waals surface area contributed by atoms with Gasteiger partial charge >= 0.3 is 6.03 Å². The molecular weight excluding hydrogens is 421 g/mol. The fourth-order valence-corrected chi connectivity index (χ4v) is 4.15. The third kappa shape index (κ3) is 5.41. The molecule has 2 N–H and O–H groups in total. The molecule has 0 aliphatic carbocycles. The van der Waals surface area contributed by atoms with Gasteiger partial charge in [-0.1, -0.05) is 64.1 Å². The Balaban J connectivity index is 1.71. The zero-order valence-electron chi connectivity index (χ0n) is 19.8. The summed E-state index contributed by atoms with van der Waals surface area (Å²) in [7, 11) is 0. The van der Waals surface area contributed by atoms with Gasteiger partial charge in [0.2, 0.25) is 5.91 Å². The summed E-state index contributed by atoms with van der Waals surface area (Å²) in [5.74, 6) is -0.744. The van der Waals surface area contributed by atoms with Crippen molar-refractivity contribution in [2.24, 2.45) is 11.8 Å². The first-order valence-corrected chi connectivity index (χ1v) is 11.3. The van der Waals surface area contributed by atoms with Gasteiger partial charge in [0, 0.05) is 0 Å². The standard InChI is InChI=1S/C26H32FN3O3/c1-16(2)14-18-6-8-19(9-7-18)23(17(3)4)28-22(31)15-30-24(32)26(5,29-25(30)33)20-10-12-21(27)13-11-20/h6-13,16-17,23H,14-15H2,1-5H3,(H,28,31)(H,29,33). The highest BCUT2D eigenvalue weighted by atomic mass is 19.1. The van der Waals surface area contributed by atoms with Crippen molar-refractivity contribution in [3.63, 3.8) is 0 Å². The van der Waals surface area contributed by atoms with E-state index in [1.807, 2.05) is 26.0 Å². The van der Waals surface area contributed by atoms with Gasteiger partial charge in [-0.05, 0) is 54.0 Å². The number of nitrogens with one attached hydrogen (secondary N) is 2. The van der Waals surface area contributed by atoms with E-state index in [1.165, 1.54) is 29.8 Å². The number of halogens is 1. The molecule has 2 atom stereocenters. The minimum absolute atomic E-state index is 0.109. The second-order valence-electron chi connectivity index (χ2n) is 9.58. The molecule has 3 rings (SSSR count). The molecule has 1 aliphatic rings. The van der Waals surface area contributed by atoms with Gasteiger partial charge in [-0.15, -0.1) is 0 Å². The van der Waals surface area contributed by atoms with E-state index in [-0.39, 0.29) is 12.0 Å². The second kappa shape index (κ2) is 9.73. The lowest BCUT2D eigenvalue weighted by atomic mass is 9.92. The third-order valence-electron chi connectivity index (χ3n) is 5.96. The molecule has 1 fully saturated rings. The van der Waals surface area contributed by atoms with E-state index in [0.717, 1.165) is 16.9 Å². The molecule has 4 amide bonds. The Morgan fingerprint density at radius 2 is 1.64 bits per heavy atom. The number of benzene rings is 2. The average Bonchev–Trinajstić information content (AvgIpc) is 2.96. The van der Waals surface area contributed by atoms with Gasteiger partial charge in [-0.3, -0.25) is 14.5 Å². The van der Waals surface area contributed by atoms with Crippen molar-refractivity contribution < 1.29 is 18.8 Å². The molecule has 2 aromatic rings. The maximum Gasteiger partial charge on any atom is 0.325 e. The average molecular weight is 454 g/mol. The Bertz CT molecular complexity index is 1020. The number of urea groups is 1. The predicted molar refractivity (Wildman–Crippen MR) is 125 cm³/mol. The number of hydrogen-bond donors (Lipinski definition) is 2. The highest BCUT2D eigenvalue weighted by Gasteiger charge is 2.49. The van der Waals surface area contributed by atoms with Gasteiger partial charge in [0.05, 0.1) is 6.04 Å². The van der Waals surface area contributed by atoms with Crippen LogP contribution in [0.4, 0.5) is 9.18 Å². The summed E-state index contributed by atoms with van der Waals surface area (Å²) in [5, 5.41) is 5.61. The van der Waals surface area contributed by atoms with Crippen LogP contribution in [0.15, 0.2) is 48.5 Å². The van der Waals surface area contributed by atoms with Gasteiger partial charge < -0.3 is 10.6 Å². The molecule has 0 radical (unpaired) electrons. The topological polar surface area (TPSA) is 78.5 Å². The van der Waals surface area contributed by atoms with Crippen molar-refractivity contribution in [2.75, 3.05) is 6.54 Å². The maximum atomic E-state index is 13.3. The Hall–Kier alpha value is -3.22. The van der Waals surface area contributed by atoms with Crippen molar-refractivity contribution in [3.05, 3.63) is 71.0 Å². The van der Waals surface area contributed by atoms with Crippen LogP contribution in [0.1, 0.15) is 57.4 Å². The van der Waals surface area contributed by atoms with Crippen LogP contribution in [0.2, 0.25) is 0 Å². The van der Waals surface area contributed by atoms with Crippen molar-refractivity contribution in [1.82, 2.24) is 15.5 Å². The first kappa shape index (κ1) is 24.4. The molecule has 0 bridgehead atoms. The van der Waals surface area contributed by atoms with Crippen LogP contribution >= 0.6 is 0 Å². The van der Waals surface area contributed by atoms with Crippen LogP contribution in [-0.2, 0) is 21.5 Å². The molecule has 2 unspecified atom stereocenters. The van der Waals surface area contributed by atoms with Crippen LogP contribution in [-0.4, -0.2) is 29.3 Å². The quantitative estimate of drug-likeness (QED) is 0.585. The molecule has 33 heavy (non-hydrogen) atoms. The number of carbonyl (C=O) groups excluding carboxylic acids is 3. The molecule has 1 heterocycles. The largest absolute Gasteiger partial charge is 0.347 e. The summed E-state index contributed by atoms with van der Waals surface area (Å²) in [5.41, 5.74) is 1.31. The van der Waals surface area contributed by atoms with Crippen LogP contribution in [0.3, 0.4) is 0 Å². The minimum Gasteiger partial charge on any atom is -0.347 e. The summed E-state index contributed by atoms with van der Waals surface area (Å²) in [6.45, 7) is 9.51. The molecule has 0 spiro atoms. The summed E-state index contributed by atoms with van der Waals surface area (Å²) in [4.78, 5) is 39.3. The molecule has 176 valence electrons. The lowest BCUT2D eigenvalue weighted by Gasteiger charge is -2.25. The lowest BCUT2D eigenvalue weighted by molar-refractivity contribution is -0.135. The number of nitrogens with zero attached hydrogens (tertiary/aromatic N) is 1. The fraction of sp³-hybridized carbons (Fsp3) is 0.423. The van der Waals surface area contributed by atoms with Crippen molar-refractivity contribution >= 4 is 17.8 Å². The zero-order valence-corrected chi connectivity index (χ0v) is 19.8. The van der Waals surface area contributed by atoms with Gasteiger partial charge in [0.25, 0.3) is 5.91 Å². The molecule has 2 aromatic carbocycles. The van der Waals surface area contributed by atoms with E-state index >= 15 is 0 Å². The van der Waals surface area contributed by atoms with E-state index in [0.29, 0.717) is 11.5 Å². The molecule has 1 saturated heterocycles. The number of imide groups is 1. The third-order valence-corrected chi connectivity index (χ3v) is 5.96. The van der Waals surface area contributed by atoms with Crippen LogP contribution < -0.4 is 10.6 Å². The fourth-order valence-electron chi connectivity index (χ4n) is 4.15.